The highest BCUT2D eigenvalue weighted by molar-refractivity contribution is 7.89. The minimum Gasteiger partial charge on any atom is -0.480 e. The van der Waals surface area contributed by atoms with Crippen LogP contribution < -0.4 is 11.5 Å². The number of aromatic nitrogens is 1. The Balaban J connectivity index is 0.00000363. The van der Waals surface area contributed by atoms with Gasteiger partial charge in [-0.05, 0) is 24.6 Å². The number of hydrogen-bond donors (Lipinski definition) is 3. The Morgan fingerprint density at radius 3 is 2.44 bits per heavy atom. The van der Waals surface area contributed by atoms with Gasteiger partial charge in [-0.25, -0.2) is 13.4 Å². The van der Waals surface area contributed by atoms with Gasteiger partial charge in [-0.3, -0.25) is 4.79 Å². The molecule has 1 heterocycles. The number of carbonyl (C=O) groups is 1. The van der Waals surface area contributed by atoms with Gasteiger partial charge in [0, 0.05) is 23.0 Å². The van der Waals surface area contributed by atoms with E-state index in [1.807, 2.05) is 0 Å². The molecule has 0 spiro atoms. The molecule has 0 saturated heterocycles. The average Bonchev–Trinajstić information content (AvgIpc) is 2.73. The number of nitrogens with two attached hydrogens (primary N) is 2. The lowest BCUT2D eigenvalue weighted by molar-refractivity contribution is -0.137. The van der Waals surface area contributed by atoms with Crippen LogP contribution in [0.25, 0.3) is 10.8 Å². The number of aliphatic carboxylic acids is 1. The number of carboxylic acid groups (broad SMARTS) is 1. The van der Waals surface area contributed by atoms with Crippen molar-refractivity contribution in [2.45, 2.75) is 17.9 Å². The quantitative estimate of drug-likeness (QED) is 0.334. The van der Waals surface area contributed by atoms with Gasteiger partial charge in [0.25, 0.3) is 0 Å². The second-order valence-electron chi connectivity index (χ2n) is 6.70. The number of hydrogen-bond acceptors (Lipinski definition) is 5. The largest absolute Gasteiger partial charge is 0.480 e. The van der Waals surface area contributed by atoms with E-state index in [-0.39, 0.29) is 34.1 Å². The molecular weight excluding hydrogens is 477 g/mol. The van der Waals surface area contributed by atoms with Gasteiger partial charge in [0.15, 0.2) is 11.8 Å². The van der Waals surface area contributed by atoms with Gasteiger partial charge in [-0.2, -0.15) is 9.30 Å². The van der Waals surface area contributed by atoms with Gasteiger partial charge >= 0.3 is 5.97 Å². The summed E-state index contributed by atoms with van der Waals surface area (Å²) in [5.74, 6) is -1.44. The fourth-order valence-electron chi connectivity index (χ4n) is 3.14. The van der Waals surface area contributed by atoms with Crippen LogP contribution in [0.3, 0.4) is 0 Å². The third kappa shape index (κ3) is 5.28. The van der Waals surface area contributed by atoms with E-state index < -0.39 is 28.6 Å². The van der Waals surface area contributed by atoms with Crippen molar-refractivity contribution in [1.29, 1.82) is 0 Å². The van der Waals surface area contributed by atoms with Crippen LogP contribution in [0, 0.1) is 0 Å². The maximum absolute atomic E-state index is 13.5. The zero-order valence-electron chi connectivity index (χ0n) is 16.8. The Kier molecular flexibility index (Phi) is 8.02. The molecule has 1 aromatic heterocycles. The van der Waals surface area contributed by atoms with Crippen molar-refractivity contribution in [1.82, 2.24) is 9.29 Å². The summed E-state index contributed by atoms with van der Waals surface area (Å²) in [6, 6.07) is 12.2. The van der Waals surface area contributed by atoms with Crippen LogP contribution in [-0.4, -0.2) is 41.3 Å². The summed E-state index contributed by atoms with van der Waals surface area (Å²) in [7, 11) is -4.22. The number of rotatable bonds is 7. The first kappa shape index (κ1) is 25.3. The van der Waals surface area contributed by atoms with E-state index in [2.05, 4.69) is 9.98 Å². The van der Waals surface area contributed by atoms with E-state index in [9.17, 15) is 18.3 Å². The second kappa shape index (κ2) is 10.1. The monoisotopic (exact) mass is 497 g/mol. The van der Waals surface area contributed by atoms with Crippen LogP contribution in [0.4, 0.5) is 5.82 Å². The number of nitrogens with zero attached hydrogens (tertiary/aromatic N) is 3. The van der Waals surface area contributed by atoms with Crippen molar-refractivity contribution in [2.75, 3.05) is 6.54 Å². The van der Waals surface area contributed by atoms with Gasteiger partial charge in [0.1, 0.15) is 6.54 Å². The molecule has 0 amide bonds. The molecule has 0 radical (unpaired) electrons. The molecular formula is C20H21Cl2N5O4S. The van der Waals surface area contributed by atoms with Crippen molar-refractivity contribution < 1.29 is 18.3 Å². The van der Waals surface area contributed by atoms with Gasteiger partial charge in [0.05, 0.1) is 9.92 Å². The number of carboxylic acids is 1. The van der Waals surface area contributed by atoms with Crippen LogP contribution in [0.5, 0.6) is 0 Å². The summed E-state index contributed by atoms with van der Waals surface area (Å²) in [5.41, 5.74) is 11.5. The Bertz CT molecular complexity index is 1270. The molecule has 0 aliphatic carbocycles. The van der Waals surface area contributed by atoms with Crippen LogP contribution in [-0.2, 0) is 14.8 Å². The van der Waals surface area contributed by atoms with E-state index in [0.717, 1.165) is 4.31 Å². The van der Waals surface area contributed by atoms with Gasteiger partial charge in [0.2, 0.25) is 10.0 Å². The van der Waals surface area contributed by atoms with Crippen molar-refractivity contribution in [3.05, 3.63) is 65.3 Å². The lowest BCUT2D eigenvalue weighted by Gasteiger charge is -2.27. The number of guanidine groups is 1. The molecule has 0 saturated carbocycles. The van der Waals surface area contributed by atoms with E-state index in [1.54, 1.807) is 37.3 Å². The summed E-state index contributed by atoms with van der Waals surface area (Å²) in [5, 5.41) is 10.5. The van der Waals surface area contributed by atoms with Gasteiger partial charge in [-0.1, -0.05) is 48.0 Å². The zero-order chi connectivity index (χ0) is 22.8. The summed E-state index contributed by atoms with van der Waals surface area (Å²) in [6.45, 7) is 0.908. The van der Waals surface area contributed by atoms with E-state index in [4.69, 9.17) is 23.1 Å². The summed E-state index contributed by atoms with van der Waals surface area (Å²) < 4.78 is 27.9. The first-order valence-electron chi connectivity index (χ1n) is 9.07. The molecule has 1 atom stereocenters. The van der Waals surface area contributed by atoms with Crippen molar-refractivity contribution >= 4 is 62.6 Å². The third-order valence-electron chi connectivity index (χ3n) is 4.64. The van der Waals surface area contributed by atoms with E-state index in [0.29, 0.717) is 16.3 Å². The average molecular weight is 498 g/mol. The SMILES string of the molecule is C[C@@H](c1ccccc1)N(CC(=O)O)S(=O)(=O)c1ccc2c(Cl)cnc(N=C(N)N)c2c1.Cl. The Morgan fingerprint density at radius 2 is 1.84 bits per heavy atom. The van der Waals surface area contributed by atoms with E-state index in [1.165, 1.54) is 24.4 Å². The molecule has 0 aliphatic rings. The number of aliphatic imine (C=N–C) groups is 1. The molecule has 32 heavy (non-hydrogen) atoms. The predicted octanol–water partition coefficient (Wildman–Crippen LogP) is 3.05. The lowest BCUT2D eigenvalue weighted by atomic mass is 10.1. The molecule has 2 aromatic carbocycles. The first-order chi connectivity index (χ1) is 14.6. The highest BCUT2D eigenvalue weighted by atomic mass is 35.5. The number of fused-ring (bicyclic) bond motifs is 1. The van der Waals surface area contributed by atoms with Crippen molar-refractivity contribution in [3.8, 4) is 0 Å². The maximum Gasteiger partial charge on any atom is 0.318 e. The topological polar surface area (TPSA) is 152 Å². The van der Waals surface area contributed by atoms with Gasteiger partial charge < -0.3 is 16.6 Å². The normalized spacial score (nSPS) is 12.2. The van der Waals surface area contributed by atoms with Crippen molar-refractivity contribution in [3.63, 3.8) is 0 Å². The molecule has 0 aliphatic heterocycles. The Labute approximate surface area is 196 Å². The fourth-order valence-corrected chi connectivity index (χ4v) is 4.95. The second-order valence-corrected chi connectivity index (χ2v) is 9.00. The lowest BCUT2D eigenvalue weighted by Crippen LogP contribution is -2.37. The molecule has 12 heteroatoms. The molecule has 5 N–H and O–H groups in total. The molecule has 0 unspecified atom stereocenters. The summed E-state index contributed by atoms with van der Waals surface area (Å²) in [4.78, 5) is 19.3. The highest BCUT2D eigenvalue weighted by Crippen LogP contribution is 2.34. The Hall–Kier alpha value is -2.92. The minimum absolute atomic E-state index is 0. The zero-order valence-corrected chi connectivity index (χ0v) is 19.2. The fraction of sp³-hybridized carbons (Fsp3) is 0.150. The first-order valence-corrected chi connectivity index (χ1v) is 10.9. The summed E-state index contributed by atoms with van der Waals surface area (Å²) in [6.07, 6.45) is 1.36. The van der Waals surface area contributed by atoms with Crippen LogP contribution in [0.1, 0.15) is 18.5 Å². The van der Waals surface area contributed by atoms with Crippen LogP contribution >= 0.6 is 24.0 Å². The number of halogens is 2. The minimum atomic E-state index is -4.22. The molecule has 9 nitrogen and oxygen atoms in total. The molecule has 0 fully saturated rings. The smallest absolute Gasteiger partial charge is 0.318 e. The molecule has 3 rings (SSSR count). The standard InChI is InChI=1S/C20H20ClN5O4S.ClH/c1-12(13-5-3-2-4-6-13)26(11-18(27)28)31(29,30)14-7-8-15-16(9-14)19(25-20(22)23)24-10-17(15)21;/h2-10,12H,11H2,1H3,(H,27,28)(H4,22,23,24,25);1H/t12-;/m0./s1. The highest BCUT2D eigenvalue weighted by Gasteiger charge is 2.32. The molecule has 170 valence electrons. The van der Waals surface area contributed by atoms with Gasteiger partial charge in [-0.15, -0.1) is 12.4 Å². The maximum atomic E-state index is 13.5. The number of pyridine rings is 1. The third-order valence-corrected chi connectivity index (χ3v) is 6.85. The predicted molar refractivity (Wildman–Crippen MR) is 126 cm³/mol. The summed E-state index contributed by atoms with van der Waals surface area (Å²) >= 11 is 6.18. The Morgan fingerprint density at radius 1 is 1.19 bits per heavy atom. The number of benzene rings is 2. The molecule has 3 aromatic rings. The van der Waals surface area contributed by atoms with Crippen LogP contribution in [0.2, 0.25) is 5.02 Å². The van der Waals surface area contributed by atoms with E-state index >= 15 is 0 Å². The number of sulfonamides is 1. The van der Waals surface area contributed by atoms with Crippen LogP contribution in [0.15, 0.2) is 64.6 Å². The molecule has 0 bridgehead atoms. The van der Waals surface area contributed by atoms with Crippen molar-refractivity contribution in [2.24, 2.45) is 16.5 Å².